The molecule has 2 nitrogen and oxygen atoms in total. The first-order valence-corrected chi connectivity index (χ1v) is 8.57. The van der Waals surface area contributed by atoms with Crippen molar-refractivity contribution in [3.05, 3.63) is 0 Å². The molecule has 122 valence electrons. The molecule has 0 bridgehead atoms. The fourth-order valence-corrected chi connectivity index (χ4v) is 2.89. The summed E-state index contributed by atoms with van der Waals surface area (Å²) < 4.78 is 5.67. The normalized spacial score (nSPS) is 23.4. The van der Waals surface area contributed by atoms with Gasteiger partial charge < -0.3 is 27.5 Å². The summed E-state index contributed by atoms with van der Waals surface area (Å²) in [4.78, 5) is 0. The van der Waals surface area contributed by atoms with Crippen molar-refractivity contribution in [2.75, 3.05) is 0 Å². The van der Waals surface area contributed by atoms with E-state index in [0.29, 0.717) is 0 Å². The topological polar surface area (TPSA) is 40.2 Å². The Bertz CT molecular complexity index is 245. The summed E-state index contributed by atoms with van der Waals surface area (Å²) in [7, 11) is 0. The first kappa shape index (κ1) is 20.4. The van der Waals surface area contributed by atoms with Gasteiger partial charge in [-0.05, 0) is 20.3 Å². The molecule has 1 atom stereocenters. The van der Waals surface area contributed by atoms with E-state index in [1.54, 1.807) is 0 Å². The standard InChI is InChI=1S/C17H35NO.BrH/c1-4-5-6-7-8-9-10-11-12-13-14-15-17(18)16(2,3)19-17;/h4-15,18H2,1-3H3;1H. The number of unbranched alkanes of at least 4 members (excludes halogenated alkanes) is 10. The van der Waals surface area contributed by atoms with Gasteiger partial charge in [-0.25, -0.2) is 0 Å². The minimum Gasteiger partial charge on any atom is -1.00 e. The summed E-state index contributed by atoms with van der Waals surface area (Å²) >= 11 is 0. The highest BCUT2D eigenvalue weighted by Crippen LogP contribution is 2.44. The molecule has 1 aliphatic rings. The lowest BCUT2D eigenvalue weighted by atomic mass is 9.98. The van der Waals surface area contributed by atoms with Crippen molar-refractivity contribution < 1.29 is 27.5 Å². The van der Waals surface area contributed by atoms with Gasteiger partial charge in [0, 0.05) is 6.42 Å². The van der Waals surface area contributed by atoms with Crippen molar-refractivity contribution in [2.45, 2.75) is 109 Å². The van der Waals surface area contributed by atoms with Crippen molar-refractivity contribution in [3.8, 4) is 0 Å². The molecule has 3 heteroatoms. The quantitative estimate of drug-likeness (QED) is 0.420. The predicted molar refractivity (Wildman–Crippen MR) is 81.9 cm³/mol. The van der Waals surface area contributed by atoms with Crippen LogP contribution in [0.3, 0.4) is 0 Å². The van der Waals surface area contributed by atoms with Crippen LogP contribution >= 0.6 is 0 Å². The van der Waals surface area contributed by atoms with E-state index in [-0.39, 0.29) is 28.3 Å². The maximum Gasteiger partial charge on any atom is 0.228 e. The lowest BCUT2D eigenvalue weighted by molar-refractivity contribution is -0.473. The zero-order valence-electron chi connectivity index (χ0n) is 14.0. The summed E-state index contributed by atoms with van der Waals surface area (Å²) in [6.45, 7) is 6.58. The molecule has 0 amide bonds. The molecule has 20 heavy (non-hydrogen) atoms. The van der Waals surface area contributed by atoms with Crippen LogP contribution in [0.5, 0.6) is 0 Å². The summed E-state index contributed by atoms with van der Waals surface area (Å²) in [6, 6.07) is 0. The van der Waals surface area contributed by atoms with Crippen LogP contribution in [0.1, 0.15) is 97.8 Å². The van der Waals surface area contributed by atoms with E-state index in [4.69, 9.17) is 4.74 Å². The number of quaternary nitrogens is 1. The van der Waals surface area contributed by atoms with E-state index >= 15 is 0 Å². The average Bonchev–Trinajstić information content (AvgIpc) is 2.85. The highest BCUT2D eigenvalue weighted by atomic mass is 79.9. The van der Waals surface area contributed by atoms with Crippen LogP contribution in [0.25, 0.3) is 0 Å². The van der Waals surface area contributed by atoms with Crippen molar-refractivity contribution >= 4 is 0 Å². The zero-order chi connectivity index (χ0) is 14.2. The van der Waals surface area contributed by atoms with Crippen molar-refractivity contribution in [3.63, 3.8) is 0 Å². The molecule has 1 heterocycles. The molecule has 0 aromatic carbocycles. The fraction of sp³-hybridized carbons (Fsp3) is 1.00. The second kappa shape index (κ2) is 10.2. The van der Waals surface area contributed by atoms with Gasteiger partial charge >= 0.3 is 0 Å². The van der Waals surface area contributed by atoms with E-state index in [0.717, 1.165) is 6.42 Å². The summed E-state index contributed by atoms with van der Waals surface area (Å²) in [5.41, 5.74) is 4.16. The van der Waals surface area contributed by atoms with Gasteiger partial charge in [0.15, 0.2) is 0 Å². The van der Waals surface area contributed by atoms with Crippen LogP contribution in [0, 0.1) is 0 Å². The van der Waals surface area contributed by atoms with Crippen LogP contribution in [0.15, 0.2) is 0 Å². The van der Waals surface area contributed by atoms with Gasteiger partial charge in [0.2, 0.25) is 5.72 Å². The first-order chi connectivity index (χ1) is 9.02. The van der Waals surface area contributed by atoms with Crippen LogP contribution in [-0.2, 0) is 4.74 Å². The maximum absolute atomic E-state index is 5.67. The molecule has 1 rings (SSSR count). The van der Waals surface area contributed by atoms with E-state index in [1.807, 2.05) is 0 Å². The molecular formula is C17H36BrNO. The number of epoxide rings is 1. The van der Waals surface area contributed by atoms with Crippen LogP contribution in [0.4, 0.5) is 0 Å². The van der Waals surface area contributed by atoms with Gasteiger partial charge in [0.05, 0.1) is 0 Å². The average molecular weight is 350 g/mol. The summed E-state index contributed by atoms with van der Waals surface area (Å²) in [5.74, 6) is 0. The number of hydrogen-bond acceptors (Lipinski definition) is 1. The molecule has 1 saturated heterocycles. The van der Waals surface area contributed by atoms with E-state index in [2.05, 4.69) is 26.5 Å². The minimum absolute atomic E-state index is 0. The van der Waals surface area contributed by atoms with Crippen molar-refractivity contribution in [1.82, 2.24) is 0 Å². The van der Waals surface area contributed by atoms with Gasteiger partial charge in [0.25, 0.3) is 0 Å². The molecule has 0 aromatic heterocycles. The van der Waals surface area contributed by atoms with Crippen molar-refractivity contribution in [1.29, 1.82) is 0 Å². The molecule has 0 saturated carbocycles. The second-order valence-electron chi connectivity index (χ2n) is 6.89. The molecule has 1 unspecified atom stereocenters. The third-order valence-electron chi connectivity index (χ3n) is 4.69. The summed E-state index contributed by atoms with van der Waals surface area (Å²) in [6.07, 6.45) is 16.6. The molecule has 0 aromatic rings. The van der Waals surface area contributed by atoms with E-state index in [9.17, 15) is 0 Å². The zero-order valence-corrected chi connectivity index (χ0v) is 15.6. The van der Waals surface area contributed by atoms with Gasteiger partial charge in [0.1, 0.15) is 5.60 Å². The van der Waals surface area contributed by atoms with Crippen molar-refractivity contribution in [2.24, 2.45) is 0 Å². The first-order valence-electron chi connectivity index (χ1n) is 8.57. The van der Waals surface area contributed by atoms with Crippen LogP contribution in [-0.4, -0.2) is 11.3 Å². The fourth-order valence-electron chi connectivity index (χ4n) is 2.89. The van der Waals surface area contributed by atoms with E-state index < -0.39 is 0 Å². The Labute approximate surface area is 137 Å². The number of hydrogen-bond donors (Lipinski definition) is 1. The third kappa shape index (κ3) is 7.42. The monoisotopic (exact) mass is 349 g/mol. The highest BCUT2D eigenvalue weighted by molar-refractivity contribution is 5.00. The summed E-state index contributed by atoms with van der Waals surface area (Å²) in [5, 5.41) is 0. The third-order valence-corrected chi connectivity index (χ3v) is 4.69. The van der Waals surface area contributed by atoms with Gasteiger partial charge in [-0.2, -0.15) is 0 Å². The minimum atomic E-state index is -0.0632. The Morgan fingerprint density at radius 3 is 1.45 bits per heavy atom. The lowest BCUT2D eigenvalue weighted by Gasteiger charge is -2.05. The lowest BCUT2D eigenvalue weighted by Crippen LogP contribution is -3.00. The SMILES string of the molecule is CCCCCCCCCCCCCC1([NH3+])OC1(C)C.[Br-]. The molecular weight excluding hydrogens is 314 g/mol. The highest BCUT2D eigenvalue weighted by Gasteiger charge is 2.65. The molecule has 0 radical (unpaired) electrons. The van der Waals surface area contributed by atoms with E-state index in [1.165, 1.54) is 70.6 Å². The molecule has 1 fully saturated rings. The van der Waals surface area contributed by atoms with Crippen LogP contribution < -0.4 is 22.7 Å². The molecule has 3 N–H and O–H groups in total. The Morgan fingerprint density at radius 1 is 0.750 bits per heavy atom. The Kier molecular flexibility index (Phi) is 10.4. The smallest absolute Gasteiger partial charge is 0.228 e. The second-order valence-corrected chi connectivity index (χ2v) is 6.89. The van der Waals surface area contributed by atoms with Crippen LogP contribution in [0.2, 0.25) is 0 Å². The predicted octanol–water partition coefficient (Wildman–Crippen LogP) is 1.44. The largest absolute Gasteiger partial charge is 1.00 e. The molecule has 0 aliphatic carbocycles. The van der Waals surface area contributed by atoms with Gasteiger partial charge in [-0.15, -0.1) is 0 Å². The maximum atomic E-state index is 5.67. The molecule has 1 aliphatic heterocycles. The number of ether oxygens (including phenoxy) is 1. The Balaban J connectivity index is 0.00000361. The van der Waals surface area contributed by atoms with Gasteiger partial charge in [-0.3, -0.25) is 0 Å². The number of rotatable bonds is 12. The Hall–Kier alpha value is 0.400. The number of halogens is 1. The Morgan fingerprint density at radius 2 is 1.10 bits per heavy atom. The van der Waals surface area contributed by atoms with Gasteiger partial charge in [-0.1, -0.05) is 71.1 Å². The molecule has 0 spiro atoms.